The van der Waals surface area contributed by atoms with E-state index in [1.165, 1.54) is 25.3 Å². The van der Waals surface area contributed by atoms with Crippen LogP contribution in [0.15, 0.2) is 60.7 Å². The van der Waals surface area contributed by atoms with Crippen molar-refractivity contribution >= 4 is 27.9 Å². The van der Waals surface area contributed by atoms with Crippen LogP contribution in [0.3, 0.4) is 0 Å². The van der Waals surface area contributed by atoms with Crippen LogP contribution in [0.5, 0.6) is 5.75 Å². The van der Waals surface area contributed by atoms with Crippen LogP contribution in [0.4, 0.5) is 13.2 Å². The van der Waals surface area contributed by atoms with E-state index in [1.54, 1.807) is 18.2 Å². The first-order chi connectivity index (χ1) is 13.3. The van der Waals surface area contributed by atoms with Crippen molar-refractivity contribution in [3.8, 4) is 5.75 Å². The number of hydrogen-bond acceptors (Lipinski definition) is 3. The van der Waals surface area contributed by atoms with Crippen molar-refractivity contribution in [3.05, 3.63) is 82.9 Å². The molecule has 28 heavy (non-hydrogen) atoms. The summed E-state index contributed by atoms with van der Waals surface area (Å²) >= 11 is 0. The minimum absolute atomic E-state index is 0.0415. The quantitative estimate of drug-likeness (QED) is 0.602. The molecular weight excluding hydrogens is 369 g/mol. The molecule has 0 amide bonds. The number of halogens is 3. The number of alkyl halides is 3. The summed E-state index contributed by atoms with van der Waals surface area (Å²) in [7, 11) is 1.41. The van der Waals surface area contributed by atoms with Crippen LogP contribution >= 0.6 is 0 Å². The molecule has 0 spiro atoms. The maximum absolute atomic E-state index is 13.1. The van der Waals surface area contributed by atoms with Gasteiger partial charge in [-0.25, -0.2) is 0 Å². The van der Waals surface area contributed by atoms with Crippen LogP contribution in [0.1, 0.15) is 31.8 Å². The lowest BCUT2D eigenvalue weighted by atomic mass is 9.84. The number of rotatable bonds is 2. The van der Waals surface area contributed by atoms with Crippen molar-refractivity contribution in [1.82, 2.24) is 0 Å². The van der Waals surface area contributed by atoms with Gasteiger partial charge in [0, 0.05) is 16.5 Å². The minimum Gasteiger partial charge on any atom is -0.495 e. The van der Waals surface area contributed by atoms with E-state index >= 15 is 0 Å². The summed E-state index contributed by atoms with van der Waals surface area (Å²) < 4.78 is 43.8. The zero-order valence-corrected chi connectivity index (χ0v) is 14.6. The Kier molecular flexibility index (Phi) is 4.07. The molecule has 0 heterocycles. The van der Waals surface area contributed by atoms with Gasteiger partial charge >= 0.3 is 6.18 Å². The number of Topliss-reactive ketones (excluding diaryl/α,β-unsaturated/α-hetero) is 1. The highest BCUT2D eigenvalue weighted by atomic mass is 19.4. The number of ketones is 2. The van der Waals surface area contributed by atoms with Crippen LogP contribution in [0, 0.1) is 0 Å². The molecule has 0 aromatic heterocycles. The summed E-state index contributed by atoms with van der Waals surface area (Å²) in [6, 6.07) is 13.0. The van der Waals surface area contributed by atoms with Crippen molar-refractivity contribution in [3.63, 3.8) is 0 Å². The van der Waals surface area contributed by atoms with E-state index in [4.69, 9.17) is 4.74 Å². The molecule has 0 unspecified atom stereocenters. The molecule has 0 N–H and O–H groups in total. The summed E-state index contributed by atoms with van der Waals surface area (Å²) in [5, 5.41) is 1.43. The third-order valence-electron chi connectivity index (χ3n) is 4.74. The Morgan fingerprint density at radius 2 is 1.61 bits per heavy atom. The second-order valence-corrected chi connectivity index (χ2v) is 6.38. The van der Waals surface area contributed by atoms with Crippen LogP contribution in [0.2, 0.25) is 0 Å². The van der Waals surface area contributed by atoms with Crippen LogP contribution in [0.25, 0.3) is 16.3 Å². The number of ether oxygens (including phenoxy) is 1. The Morgan fingerprint density at radius 1 is 0.929 bits per heavy atom. The van der Waals surface area contributed by atoms with Crippen molar-refractivity contribution in [2.45, 2.75) is 6.18 Å². The molecule has 6 heteroatoms. The third kappa shape index (κ3) is 2.78. The molecule has 0 atom stereocenters. The highest BCUT2D eigenvalue weighted by molar-refractivity contribution is 6.40. The molecule has 4 rings (SSSR count). The van der Waals surface area contributed by atoms with E-state index < -0.39 is 23.3 Å². The number of carbonyl (C=O) groups excluding carboxylic acids is 2. The average molecular weight is 382 g/mol. The molecule has 0 fully saturated rings. The van der Waals surface area contributed by atoms with Crippen molar-refractivity contribution in [1.29, 1.82) is 0 Å². The molecule has 3 nitrogen and oxygen atoms in total. The predicted molar refractivity (Wildman–Crippen MR) is 98.6 cm³/mol. The van der Waals surface area contributed by atoms with Gasteiger partial charge in [-0.05, 0) is 35.2 Å². The molecule has 0 bridgehead atoms. The molecule has 0 saturated carbocycles. The number of allylic oxidation sites excluding steroid dienone is 2. The average Bonchev–Trinajstić information content (AvgIpc) is 2.68. The van der Waals surface area contributed by atoms with E-state index in [0.29, 0.717) is 5.39 Å². The van der Waals surface area contributed by atoms with Crippen LogP contribution < -0.4 is 4.74 Å². The van der Waals surface area contributed by atoms with E-state index in [0.717, 1.165) is 17.5 Å². The SMILES string of the molecule is COc1c2c(cc3ccccc13)C(=O)C=C(c1ccc(C(F)(F)F)cc1)C2=O. The second kappa shape index (κ2) is 6.34. The lowest BCUT2D eigenvalue weighted by Gasteiger charge is -2.20. The van der Waals surface area contributed by atoms with Gasteiger partial charge in [-0.15, -0.1) is 0 Å². The third-order valence-corrected chi connectivity index (χ3v) is 4.74. The van der Waals surface area contributed by atoms with Crippen molar-refractivity contribution < 1.29 is 27.5 Å². The van der Waals surface area contributed by atoms with Gasteiger partial charge in [0.25, 0.3) is 0 Å². The van der Waals surface area contributed by atoms with Crippen molar-refractivity contribution in [2.75, 3.05) is 7.11 Å². The maximum atomic E-state index is 13.1. The first-order valence-corrected chi connectivity index (χ1v) is 8.39. The Hall–Kier alpha value is -3.41. The topological polar surface area (TPSA) is 43.4 Å². The summed E-state index contributed by atoms with van der Waals surface area (Å²) in [6.07, 6.45) is -3.31. The van der Waals surface area contributed by atoms with E-state index in [2.05, 4.69) is 0 Å². The first-order valence-electron chi connectivity index (χ1n) is 8.39. The lowest BCUT2D eigenvalue weighted by molar-refractivity contribution is -0.137. The molecule has 3 aromatic rings. The van der Waals surface area contributed by atoms with Gasteiger partial charge in [0.1, 0.15) is 5.75 Å². The predicted octanol–water partition coefficient (Wildman–Crippen LogP) is 5.33. The van der Waals surface area contributed by atoms with Gasteiger partial charge in [-0.2, -0.15) is 13.2 Å². The molecule has 1 aliphatic rings. The van der Waals surface area contributed by atoms with Gasteiger partial charge in [0.05, 0.1) is 18.2 Å². The number of fused-ring (bicyclic) bond motifs is 2. The van der Waals surface area contributed by atoms with Gasteiger partial charge < -0.3 is 4.74 Å². The van der Waals surface area contributed by atoms with Crippen molar-refractivity contribution in [2.24, 2.45) is 0 Å². The molecule has 3 aromatic carbocycles. The standard InChI is InChI=1S/C22H13F3O3/c1-28-21-15-5-3-2-4-13(15)10-17-18(26)11-16(20(27)19(17)21)12-6-8-14(9-7-12)22(23,24)25/h2-11H,1H3. The highest BCUT2D eigenvalue weighted by Crippen LogP contribution is 2.39. The molecule has 0 saturated heterocycles. The smallest absolute Gasteiger partial charge is 0.416 e. The van der Waals surface area contributed by atoms with Crippen LogP contribution in [-0.2, 0) is 6.18 Å². The second-order valence-electron chi connectivity index (χ2n) is 6.38. The fraction of sp³-hybridized carbons (Fsp3) is 0.0909. The Morgan fingerprint density at radius 3 is 2.25 bits per heavy atom. The minimum atomic E-state index is -4.48. The zero-order valence-electron chi connectivity index (χ0n) is 14.6. The number of methoxy groups -OCH3 is 1. The number of hydrogen-bond donors (Lipinski definition) is 0. The summed E-state index contributed by atoms with van der Waals surface area (Å²) in [5.41, 5.74) is -0.192. The Labute approximate surface area is 158 Å². The molecular formula is C22H13F3O3. The highest BCUT2D eigenvalue weighted by Gasteiger charge is 2.33. The van der Waals surface area contributed by atoms with E-state index in [-0.39, 0.29) is 28.0 Å². The summed E-state index contributed by atoms with van der Waals surface area (Å²) in [4.78, 5) is 25.8. The fourth-order valence-electron chi connectivity index (χ4n) is 3.41. The summed E-state index contributed by atoms with van der Waals surface area (Å²) in [5.74, 6) is -0.575. The van der Waals surface area contributed by atoms with Gasteiger partial charge in [-0.1, -0.05) is 36.4 Å². The Balaban J connectivity index is 1.87. The Bertz CT molecular complexity index is 1160. The van der Waals surface area contributed by atoms with E-state index in [1.807, 2.05) is 12.1 Å². The van der Waals surface area contributed by atoms with E-state index in [9.17, 15) is 22.8 Å². The molecule has 1 aliphatic carbocycles. The lowest BCUT2D eigenvalue weighted by Crippen LogP contribution is -2.18. The number of benzene rings is 3. The maximum Gasteiger partial charge on any atom is 0.416 e. The number of carbonyl (C=O) groups is 2. The monoisotopic (exact) mass is 382 g/mol. The normalized spacial score (nSPS) is 14.1. The fourth-order valence-corrected chi connectivity index (χ4v) is 3.41. The first kappa shape index (κ1) is 18.0. The molecule has 0 radical (unpaired) electrons. The largest absolute Gasteiger partial charge is 0.495 e. The van der Waals surface area contributed by atoms with Gasteiger partial charge in [-0.3, -0.25) is 9.59 Å². The van der Waals surface area contributed by atoms with Gasteiger partial charge in [0.15, 0.2) is 11.6 Å². The molecule has 0 aliphatic heterocycles. The molecule has 140 valence electrons. The van der Waals surface area contributed by atoms with Crippen LogP contribution in [-0.4, -0.2) is 18.7 Å². The van der Waals surface area contributed by atoms with Gasteiger partial charge in [0.2, 0.25) is 0 Å². The summed E-state index contributed by atoms with van der Waals surface area (Å²) in [6.45, 7) is 0. The zero-order chi connectivity index (χ0) is 20.1.